The predicted octanol–water partition coefficient (Wildman–Crippen LogP) is 2.74. The van der Waals surface area contributed by atoms with Crippen molar-refractivity contribution < 1.29 is 14.3 Å². The lowest BCUT2D eigenvalue weighted by molar-refractivity contribution is 0.0995. The Hall–Kier alpha value is -3.79. The summed E-state index contributed by atoms with van der Waals surface area (Å²) in [5.41, 5.74) is 8.09. The van der Waals surface area contributed by atoms with Gasteiger partial charge in [-0.3, -0.25) is 4.79 Å². The van der Waals surface area contributed by atoms with Gasteiger partial charge in [0.05, 0.1) is 29.7 Å². The highest BCUT2D eigenvalue weighted by Crippen LogP contribution is 2.26. The summed E-state index contributed by atoms with van der Waals surface area (Å²) in [6.45, 7) is 1.81. The first-order chi connectivity index (χ1) is 13.0. The molecule has 2 N–H and O–H groups in total. The lowest BCUT2D eigenvalue weighted by Crippen LogP contribution is -2.14. The van der Waals surface area contributed by atoms with E-state index in [4.69, 9.17) is 15.2 Å². The molecule has 27 heavy (non-hydrogen) atoms. The Morgan fingerprint density at radius 3 is 2.63 bits per heavy atom. The number of aromatic nitrogens is 2. The van der Waals surface area contributed by atoms with Gasteiger partial charge in [0.1, 0.15) is 29.7 Å². The number of hydrogen-bond acceptors (Lipinski definition) is 5. The number of para-hydroxylation sites is 1. The number of methoxy groups -OCH3 is 1. The second kappa shape index (κ2) is 7.62. The number of rotatable bonds is 6. The zero-order chi connectivity index (χ0) is 19.4. The number of ether oxygens (including phenoxy) is 2. The van der Waals surface area contributed by atoms with Gasteiger partial charge >= 0.3 is 0 Å². The van der Waals surface area contributed by atoms with Crippen LogP contribution in [0.3, 0.4) is 0 Å². The van der Waals surface area contributed by atoms with Gasteiger partial charge in [0, 0.05) is 0 Å². The minimum atomic E-state index is -0.628. The van der Waals surface area contributed by atoms with Crippen molar-refractivity contribution in [3.05, 3.63) is 71.0 Å². The first-order valence-corrected chi connectivity index (χ1v) is 8.19. The minimum Gasteiger partial charge on any atom is -0.497 e. The van der Waals surface area contributed by atoms with Gasteiger partial charge in [0.25, 0.3) is 5.91 Å². The third-order valence-electron chi connectivity index (χ3n) is 4.09. The molecule has 7 heteroatoms. The summed E-state index contributed by atoms with van der Waals surface area (Å²) < 4.78 is 12.6. The second-order valence-electron chi connectivity index (χ2n) is 5.78. The van der Waals surface area contributed by atoms with E-state index in [2.05, 4.69) is 11.2 Å². The van der Waals surface area contributed by atoms with Crippen LogP contribution in [0.15, 0.2) is 48.5 Å². The molecule has 0 atom stereocenters. The van der Waals surface area contributed by atoms with E-state index in [1.807, 2.05) is 30.3 Å². The van der Waals surface area contributed by atoms with Crippen molar-refractivity contribution >= 4 is 5.91 Å². The van der Waals surface area contributed by atoms with Crippen LogP contribution in [0.5, 0.6) is 11.5 Å². The van der Waals surface area contributed by atoms with E-state index >= 15 is 0 Å². The third-order valence-corrected chi connectivity index (χ3v) is 4.09. The molecule has 0 saturated heterocycles. The highest BCUT2D eigenvalue weighted by Gasteiger charge is 2.18. The zero-order valence-corrected chi connectivity index (χ0v) is 15.0. The van der Waals surface area contributed by atoms with E-state index in [0.29, 0.717) is 28.5 Å². The molecule has 0 spiro atoms. The molecule has 0 aliphatic rings. The number of benzene rings is 2. The SMILES string of the molecule is COc1ccc(OCc2c(C#N)c(C)nn2-c2ccccc2)c(C(N)=O)c1. The van der Waals surface area contributed by atoms with Gasteiger partial charge in [0.2, 0.25) is 0 Å². The molecule has 136 valence electrons. The Morgan fingerprint density at radius 1 is 1.26 bits per heavy atom. The summed E-state index contributed by atoms with van der Waals surface area (Å²) in [7, 11) is 1.50. The van der Waals surface area contributed by atoms with Crippen molar-refractivity contribution in [3.8, 4) is 23.3 Å². The lowest BCUT2D eigenvalue weighted by Gasteiger charge is -2.12. The van der Waals surface area contributed by atoms with Crippen LogP contribution in [-0.4, -0.2) is 22.8 Å². The van der Waals surface area contributed by atoms with Crippen LogP contribution < -0.4 is 15.2 Å². The summed E-state index contributed by atoms with van der Waals surface area (Å²) in [5, 5.41) is 14.0. The van der Waals surface area contributed by atoms with Gasteiger partial charge < -0.3 is 15.2 Å². The molecule has 1 aromatic heterocycles. The quantitative estimate of drug-likeness (QED) is 0.726. The van der Waals surface area contributed by atoms with Crippen LogP contribution in [0.25, 0.3) is 5.69 Å². The molecule has 0 unspecified atom stereocenters. The fourth-order valence-corrected chi connectivity index (χ4v) is 2.74. The number of carbonyl (C=O) groups excluding carboxylic acids is 1. The van der Waals surface area contributed by atoms with E-state index in [9.17, 15) is 10.1 Å². The van der Waals surface area contributed by atoms with Crippen molar-refractivity contribution in [1.82, 2.24) is 9.78 Å². The minimum absolute atomic E-state index is 0.0469. The molecular weight excluding hydrogens is 344 g/mol. The van der Waals surface area contributed by atoms with E-state index in [1.165, 1.54) is 13.2 Å². The normalized spacial score (nSPS) is 10.3. The number of carbonyl (C=O) groups is 1. The van der Waals surface area contributed by atoms with Crippen molar-refractivity contribution in [2.75, 3.05) is 7.11 Å². The molecule has 0 aliphatic carbocycles. The standard InChI is InChI=1S/C20H18N4O3/c1-13-17(11-21)18(24(23-13)14-6-4-3-5-7-14)12-27-19-9-8-15(26-2)10-16(19)20(22)25/h3-10H,12H2,1-2H3,(H2,22,25). The summed E-state index contributed by atoms with van der Waals surface area (Å²) in [6.07, 6.45) is 0. The zero-order valence-electron chi connectivity index (χ0n) is 15.0. The van der Waals surface area contributed by atoms with Crippen LogP contribution >= 0.6 is 0 Å². The maximum Gasteiger partial charge on any atom is 0.252 e. The van der Waals surface area contributed by atoms with Crippen molar-refractivity contribution in [2.24, 2.45) is 5.73 Å². The summed E-state index contributed by atoms with van der Waals surface area (Å²) in [4.78, 5) is 11.7. The van der Waals surface area contributed by atoms with Crippen LogP contribution in [0.4, 0.5) is 0 Å². The molecule has 2 aromatic carbocycles. The largest absolute Gasteiger partial charge is 0.497 e. The summed E-state index contributed by atoms with van der Waals surface area (Å²) in [5.74, 6) is 0.182. The first-order valence-electron chi connectivity index (χ1n) is 8.19. The van der Waals surface area contributed by atoms with Crippen molar-refractivity contribution in [2.45, 2.75) is 13.5 Å². The molecule has 0 aliphatic heterocycles. The molecule has 0 saturated carbocycles. The number of hydrogen-bond donors (Lipinski definition) is 1. The van der Waals surface area contributed by atoms with Crippen LogP contribution in [0.2, 0.25) is 0 Å². The summed E-state index contributed by atoms with van der Waals surface area (Å²) >= 11 is 0. The molecular formula is C20H18N4O3. The number of primary amides is 1. The van der Waals surface area contributed by atoms with E-state index < -0.39 is 5.91 Å². The molecule has 3 rings (SSSR count). The maximum atomic E-state index is 11.7. The van der Waals surface area contributed by atoms with E-state index in [-0.39, 0.29) is 12.2 Å². The van der Waals surface area contributed by atoms with E-state index in [0.717, 1.165) is 5.69 Å². The number of nitrogens with two attached hydrogens (primary N) is 1. The molecule has 7 nitrogen and oxygen atoms in total. The average Bonchev–Trinajstić information content (AvgIpc) is 3.02. The number of aryl methyl sites for hydroxylation is 1. The number of amides is 1. The lowest BCUT2D eigenvalue weighted by atomic mass is 10.1. The number of nitriles is 1. The Kier molecular flexibility index (Phi) is 5.08. The Balaban J connectivity index is 1.98. The topological polar surface area (TPSA) is 103 Å². The predicted molar refractivity (Wildman–Crippen MR) is 98.9 cm³/mol. The van der Waals surface area contributed by atoms with Gasteiger partial charge in [-0.05, 0) is 37.3 Å². The summed E-state index contributed by atoms with van der Waals surface area (Å²) in [6, 6.07) is 16.4. The molecule has 0 fully saturated rings. The van der Waals surface area contributed by atoms with Crippen molar-refractivity contribution in [3.63, 3.8) is 0 Å². The maximum absolute atomic E-state index is 11.7. The molecule has 0 bridgehead atoms. The van der Waals surface area contributed by atoms with Crippen LogP contribution in [0.1, 0.15) is 27.3 Å². The Morgan fingerprint density at radius 2 is 2.00 bits per heavy atom. The van der Waals surface area contributed by atoms with Crippen molar-refractivity contribution in [1.29, 1.82) is 5.26 Å². The van der Waals surface area contributed by atoms with E-state index in [1.54, 1.807) is 23.7 Å². The van der Waals surface area contributed by atoms with Gasteiger partial charge in [-0.15, -0.1) is 0 Å². The second-order valence-corrected chi connectivity index (χ2v) is 5.78. The molecule has 0 radical (unpaired) electrons. The number of nitrogens with zero attached hydrogens (tertiary/aromatic N) is 3. The van der Waals surface area contributed by atoms with Crippen LogP contribution in [-0.2, 0) is 6.61 Å². The molecule has 1 heterocycles. The Labute approximate surface area is 156 Å². The fraction of sp³-hybridized carbons (Fsp3) is 0.150. The molecule has 1 amide bonds. The van der Waals surface area contributed by atoms with Gasteiger partial charge in [0.15, 0.2) is 0 Å². The first kappa shape index (κ1) is 18.0. The smallest absolute Gasteiger partial charge is 0.252 e. The fourth-order valence-electron chi connectivity index (χ4n) is 2.74. The monoisotopic (exact) mass is 362 g/mol. The third kappa shape index (κ3) is 3.60. The Bertz CT molecular complexity index is 1020. The average molecular weight is 362 g/mol. The molecule has 3 aromatic rings. The van der Waals surface area contributed by atoms with Gasteiger partial charge in [-0.2, -0.15) is 10.4 Å². The van der Waals surface area contributed by atoms with Gasteiger partial charge in [-0.1, -0.05) is 18.2 Å². The highest BCUT2D eigenvalue weighted by atomic mass is 16.5. The van der Waals surface area contributed by atoms with Crippen LogP contribution in [0, 0.1) is 18.3 Å². The highest BCUT2D eigenvalue weighted by molar-refractivity contribution is 5.96. The van der Waals surface area contributed by atoms with Gasteiger partial charge in [-0.25, -0.2) is 4.68 Å².